The van der Waals surface area contributed by atoms with Gasteiger partial charge in [-0.15, -0.1) is 0 Å². The molecule has 25 heavy (non-hydrogen) atoms. The normalized spacial score (nSPS) is 17.6. The van der Waals surface area contributed by atoms with Crippen molar-refractivity contribution in [2.24, 2.45) is 4.99 Å². The van der Waals surface area contributed by atoms with Gasteiger partial charge in [-0.25, -0.2) is 9.98 Å². The average Bonchev–Trinajstić information content (AvgIpc) is 3.11. The third-order valence-electron chi connectivity index (χ3n) is 3.55. The molecule has 0 unspecified atom stereocenters. The lowest BCUT2D eigenvalue weighted by molar-refractivity contribution is -0.115. The first-order valence-electron chi connectivity index (χ1n) is 7.38. The van der Waals surface area contributed by atoms with E-state index in [1.807, 2.05) is 48.5 Å². The Kier molecular flexibility index (Phi) is 4.06. The Labute approximate surface area is 155 Å². The molecule has 1 aliphatic rings. The van der Waals surface area contributed by atoms with Gasteiger partial charge in [0.1, 0.15) is 0 Å². The summed E-state index contributed by atoms with van der Waals surface area (Å²) in [7, 11) is 0. The van der Waals surface area contributed by atoms with E-state index in [2.05, 4.69) is 36.2 Å². The zero-order chi connectivity index (χ0) is 17.4. The maximum absolute atomic E-state index is 12.2. The summed E-state index contributed by atoms with van der Waals surface area (Å²) in [6, 6.07) is 13.3. The molecular weight excluding hydrogens is 402 g/mol. The first kappa shape index (κ1) is 15.9. The maximum atomic E-state index is 12.2. The van der Waals surface area contributed by atoms with Gasteiger partial charge in [-0.05, 0) is 63.6 Å². The monoisotopic (exact) mass is 413 g/mol. The predicted molar refractivity (Wildman–Crippen MR) is 105 cm³/mol. The highest BCUT2D eigenvalue weighted by Crippen LogP contribution is 2.31. The van der Waals surface area contributed by atoms with Gasteiger partial charge in [-0.3, -0.25) is 4.79 Å². The zero-order valence-electron chi connectivity index (χ0n) is 12.8. The molecule has 2 heterocycles. The van der Waals surface area contributed by atoms with Crippen LogP contribution in [-0.4, -0.2) is 21.0 Å². The summed E-state index contributed by atoms with van der Waals surface area (Å²) in [5, 5.41) is 3.34. The van der Waals surface area contributed by atoms with E-state index in [-0.39, 0.29) is 5.91 Å². The van der Waals surface area contributed by atoms with Gasteiger partial charge in [-0.2, -0.15) is 0 Å². The molecular formula is C17H12BrN5OS. The van der Waals surface area contributed by atoms with Crippen molar-refractivity contribution < 1.29 is 4.79 Å². The zero-order valence-corrected chi connectivity index (χ0v) is 15.2. The largest absolute Gasteiger partial charge is 0.369 e. The summed E-state index contributed by atoms with van der Waals surface area (Å²) < 4.78 is 0.872. The summed E-state index contributed by atoms with van der Waals surface area (Å²) in [4.78, 5) is 24.4. The van der Waals surface area contributed by atoms with E-state index in [4.69, 9.17) is 5.73 Å². The van der Waals surface area contributed by atoms with Gasteiger partial charge in [-0.1, -0.05) is 18.2 Å². The number of nitrogens with zero attached hydrogens (tertiary/aromatic N) is 2. The van der Waals surface area contributed by atoms with E-state index in [1.165, 1.54) is 11.8 Å². The maximum Gasteiger partial charge on any atom is 0.264 e. The van der Waals surface area contributed by atoms with Gasteiger partial charge in [0, 0.05) is 4.47 Å². The number of amides is 1. The van der Waals surface area contributed by atoms with Crippen LogP contribution in [0.5, 0.6) is 0 Å². The molecule has 4 N–H and O–H groups in total. The van der Waals surface area contributed by atoms with Crippen LogP contribution < -0.4 is 11.1 Å². The number of aliphatic imine (C=N–C) groups is 1. The Morgan fingerprint density at radius 3 is 2.92 bits per heavy atom. The quantitative estimate of drug-likeness (QED) is 0.556. The number of benzene rings is 2. The van der Waals surface area contributed by atoms with Gasteiger partial charge in [0.2, 0.25) is 0 Å². The number of aromatic amines is 1. The van der Waals surface area contributed by atoms with Gasteiger partial charge in [0.15, 0.2) is 11.1 Å². The smallest absolute Gasteiger partial charge is 0.264 e. The van der Waals surface area contributed by atoms with Crippen LogP contribution in [0.1, 0.15) is 5.56 Å². The first-order valence-corrected chi connectivity index (χ1v) is 8.99. The van der Waals surface area contributed by atoms with Crippen LogP contribution >= 0.6 is 27.7 Å². The minimum Gasteiger partial charge on any atom is -0.369 e. The van der Waals surface area contributed by atoms with Crippen molar-refractivity contribution in [3.63, 3.8) is 0 Å². The third-order valence-corrected chi connectivity index (χ3v) is 5.13. The highest BCUT2D eigenvalue weighted by Gasteiger charge is 2.24. The molecule has 4 rings (SSSR count). The van der Waals surface area contributed by atoms with Crippen molar-refractivity contribution in [2.45, 2.75) is 0 Å². The number of H-pyrrole nitrogens is 1. The molecule has 1 fully saturated rings. The number of hydrogen-bond acceptors (Lipinski definition) is 5. The van der Waals surface area contributed by atoms with E-state index in [0.29, 0.717) is 16.0 Å². The Morgan fingerprint density at radius 1 is 1.24 bits per heavy atom. The van der Waals surface area contributed by atoms with Crippen LogP contribution in [0.4, 0.5) is 11.6 Å². The number of anilines is 1. The molecule has 0 radical (unpaired) electrons. The number of aromatic nitrogens is 2. The molecule has 0 atom stereocenters. The lowest BCUT2D eigenvalue weighted by Gasteiger charge is -1.98. The molecule has 1 aromatic heterocycles. The number of nitrogen functional groups attached to an aromatic ring is 1. The summed E-state index contributed by atoms with van der Waals surface area (Å²) in [5.41, 5.74) is 8.93. The number of para-hydroxylation sites is 1. The lowest BCUT2D eigenvalue weighted by atomic mass is 10.2. The molecule has 1 amide bonds. The number of amidine groups is 1. The van der Waals surface area contributed by atoms with Crippen molar-refractivity contribution in [2.75, 3.05) is 5.73 Å². The van der Waals surface area contributed by atoms with Crippen molar-refractivity contribution in [3.8, 4) is 0 Å². The minimum atomic E-state index is -0.167. The Morgan fingerprint density at radius 2 is 2.08 bits per heavy atom. The van der Waals surface area contributed by atoms with Crippen LogP contribution in [0.3, 0.4) is 0 Å². The van der Waals surface area contributed by atoms with Crippen LogP contribution in [0, 0.1) is 0 Å². The van der Waals surface area contributed by atoms with E-state index >= 15 is 0 Å². The number of imidazole rings is 1. The second kappa shape index (κ2) is 6.38. The van der Waals surface area contributed by atoms with Crippen LogP contribution in [0.25, 0.3) is 17.1 Å². The highest BCUT2D eigenvalue weighted by atomic mass is 79.9. The molecule has 6 nitrogen and oxygen atoms in total. The van der Waals surface area contributed by atoms with Crippen molar-refractivity contribution in [1.82, 2.24) is 15.3 Å². The standard InChI is InChI=1S/C17H12BrN5OS/c18-10-3-1-2-4-11(10)22-17-23-15(24)14(25-17)8-9-5-6-12-13(7-9)21-16(19)20-12/h1-8H,(H3,19,20,21)(H,22,23,24)/b14-8+. The van der Waals surface area contributed by atoms with E-state index < -0.39 is 0 Å². The molecule has 0 bridgehead atoms. The van der Waals surface area contributed by atoms with Gasteiger partial charge < -0.3 is 16.0 Å². The van der Waals surface area contributed by atoms with Crippen molar-refractivity contribution in [3.05, 3.63) is 57.4 Å². The van der Waals surface area contributed by atoms with E-state index in [0.717, 1.165) is 26.8 Å². The predicted octanol–water partition coefficient (Wildman–Crippen LogP) is 3.80. The Hall–Kier alpha value is -2.58. The molecule has 1 saturated heterocycles. The Bertz CT molecular complexity index is 1060. The molecule has 2 aromatic carbocycles. The molecule has 0 saturated carbocycles. The van der Waals surface area contributed by atoms with E-state index in [9.17, 15) is 4.79 Å². The highest BCUT2D eigenvalue weighted by molar-refractivity contribution is 9.10. The number of halogens is 1. The van der Waals surface area contributed by atoms with Crippen LogP contribution in [-0.2, 0) is 4.79 Å². The fourth-order valence-electron chi connectivity index (χ4n) is 2.42. The number of hydrogen-bond donors (Lipinski definition) is 3. The van der Waals surface area contributed by atoms with Gasteiger partial charge in [0.05, 0.1) is 21.6 Å². The van der Waals surface area contributed by atoms with Crippen molar-refractivity contribution in [1.29, 1.82) is 0 Å². The number of nitrogens with two attached hydrogens (primary N) is 1. The second-order valence-electron chi connectivity index (χ2n) is 5.33. The third kappa shape index (κ3) is 3.31. The van der Waals surface area contributed by atoms with Gasteiger partial charge >= 0.3 is 0 Å². The average molecular weight is 414 g/mol. The number of thioether (sulfide) groups is 1. The van der Waals surface area contributed by atoms with Gasteiger partial charge in [0.25, 0.3) is 5.91 Å². The summed E-state index contributed by atoms with van der Waals surface area (Å²) in [6.45, 7) is 0. The summed E-state index contributed by atoms with van der Waals surface area (Å²) in [6.07, 6.45) is 1.82. The molecule has 0 aliphatic carbocycles. The number of rotatable bonds is 2. The molecule has 124 valence electrons. The topological polar surface area (TPSA) is 96.2 Å². The van der Waals surface area contributed by atoms with Crippen molar-refractivity contribution >= 4 is 67.5 Å². The lowest BCUT2D eigenvalue weighted by Crippen LogP contribution is -2.19. The fraction of sp³-hybridized carbons (Fsp3) is 0. The molecule has 1 aliphatic heterocycles. The molecule has 0 spiro atoms. The number of carbonyl (C=O) groups excluding carboxylic acids is 1. The number of nitrogens with one attached hydrogen (secondary N) is 2. The first-order chi connectivity index (χ1) is 12.1. The summed E-state index contributed by atoms with van der Waals surface area (Å²) >= 11 is 4.76. The number of carbonyl (C=O) groups is 1. The SMILES string of the molecule is Nc1nc2ccc(/C=C3/S/C(=N/c4ccccc4Br)NC3=O)cc2[nH]1. The summed E-state index contributed by atoms with van der Waals surface area (Å²) in [5.74, 6) is 0.204. The second-order valence-corrected chi connectivity index (χ2v) is 7.22. The van der Waals surface area contributed by atoms with Crippen LogP contribution in [0.15, 0.2) is 56.8 Å². The number of fused-ring (bicyclic) bond motifs is 1. The molecule has 3 aromatic rings. The van der Waals surface area contributed by atoms with Crippen LogP contribution in [0.2, 0.25) is 0 Å². The molecule has 8 heteroatoms. The minimum absolute atomic E-state index is 0.167. The fourth-order valence-corrected chi connectivity index (χ4v) is 3.63. The van der Waals surface area contributed by atoms with E-state index in [1.54, 1.807) is 0 Å². The Balaban J connectivity index is 1.63.